The van der Waals surface area contributed by atoms with Gasteiger partial charge in [0.05, 0.1) is 6.07 Å². The van der Waals surface area contributed by atoms with Crippen LogP contribution < -0.4 is 10.6 Å². The molecule has 2 aromatic rings. The minimum atomic E-state index is -1.31. The van der Waals surface area contributed by atoms with Crippen molar-refractivity contribution in [1.29, 1.82) is 5.26 Å². The van der Waals surface area contributed by atoms with Crippen LogP contribution in [0.2, 0.25) is 0 Å². The van der Waals surface area contributed by atoms with Crippen molar-refractivity contribution in [2.75, 3.05) is 6.54 Å². The predicted octanol–water partition coefficient (Wildman–Crippen LogP) is 2.44. The van der Waals surface area contributed by atoms with Gasteiger partial charge in [-0.3, -0.25) is 4.79 Å². The number of carbonyl (C=O) groups is 2. The quantitative estimate of drug-likeness (QED) is 0.730. The zero-order chi connectivity index (χ0) is 19.6. The van der Waals surface area contributed by atoms with Gasteiger partial charge in [0.25, 0.3) is 0 Å². The first-order valence-corrected chi connectivity index (χ1v) is 8.06. The fourth-order valence-electron chi connectivity index (χ4n) is 2.30. The van der Waals surface area contributed by atoms with Gasteiger partial charge < -0.3 is 15.4 Å². The molecule has 140 valence electrons. The van der Waals surface area contributed by atoms with Crippen molar-refractivity contribution in [3.05, 3.63) is 71.3 Å². The monoisotopic (exact) mass is 373 g/mol. The third kappa shape index (κ3) is 6.08. The first-order chi connectivity index (χ1) is 13.0. The van der Waals surface area contributed by atoms with E-state index in [-0.39, 0.29) is 18.7 Å². The first-order valence-electron chi connectivity index (χ1n) is 8.06. The van der Waals surface area contributed by atoms with E-state index in [9.17, 15) is 18.4 Å². The Labute approximate surface area is 154 Å². The van der Waals surface area contributed by atoms with Crippen molar-refractivity contribution in [2.24, 2.45) is 0 Å². The number of rotatable bonds is 7. The van der Waals surface area contributed by atoms with Crippen molar-refractivity contribution >= 4 is 12.0 Å². The van der Waals surface area contributed by atoms with Crippen LogP contribution in [-0.4, -0.2) is 24.6 Å². The summed E-state index contributed by atoms with van der Waals surface area (Å²) in [5, 5.41) is 13.1. The lowest BCUT2D eigenvalue weighted by Crippen LogP contribution is -2.48. The molecule has 0 aromatic heterocycles. The van der Waals surface area contributed by atoms with Gasteiger partial charge in [-0.25, -0.2) is 13.6 Å². The molecule has 0 aliphatic rings. The van der Waals surface area contributed by atoms with Crippen LogP contribution in [0, 0.1) is 23.0 Å². The van der Waals surface area contributed by atoms with Gasteiger partial charge in [0.1, 0.15) is 30.8 Å². The number of hydrogen-bond acceptors (Lipinski definition) is 4. The van der Waals surface area contributed by atoms with Gasteiger partial charge in [0.2, 0.25) is 5.91 Å². The van der Waals surface area contributed by atoms with E-state index in [2.05, 4.69) is 10.6 Å². The summed E-state index contributed by atoms with van der Waals surface area (Å²) in [5.41, 5.74) is 0.385. The zero-order valence-corrected chi connectivity index (χ0v) is 14.2. The van der Waals surface area contributed by atoms with Crippen LogP contribution in [-0.2, 0) is 22.6 Å². The SMILES string of the molecule is N#CCNC(=O)[C@@H](Cc1c(F)cccc1F)NC(=O)OCc1ccccc1. The molecule has 0 saturated heterocycles. The molecule has 27 heavy (non-hydrogen) atoms. The van der Waals surface area contributed by atoms with E-state index >= 15 is 0 Å². The maximum Gasteiger partial charge on any atom is 0.408 e. The second-order valence-corrected chi connectivity index (χ2v) is 5.54. The minimum absolute atomic E-state index is 0.0345. The molecule has 0 saturated carbocycles. The van der Waals surface area contributed by atoms with Crippen LogP contribution in [0.1, 0.15) is 11.1 Å². The van der Waals surface area contributed by atoms with Gasteiger partial charge in [-0.05, 0) is 17.7 Å². The second-order valence-electron chi connectivity index (χ2n) is 5.54. The number of benzene rings is 2. The van der Waals surface area contributed by atoms with Crippen molar-refractivity contribution < 1.29 is 23.1 Å². The van der Waals surface area contributed by atoms with E-state index in [1.807, 2.05) is 6.07 Å². The van der Waals surface area contributed by atoms with Crippen LogP contribution >= 0.6 is 0 Å². The number of ether oxygens (including phenoxy) is 1. The molecule has 0 heterocycles. The van der Waals surface area contributed by atoms with Crippen LogP contribution in [0.15, 0.2) is 48.5 Å². The number of alkyl carbamates (subject to hydrolysis) is 1. The van der Waals surface area contributed by atoms with E-state index in [0.29, 0.717) is 0 Å². The molecule has 0 unspecified atom stereocenters. The lowest BCUT2D eigenvalue weighted by atomic mass is 10.0. The molecular formula is C19H17F2N3O3. The molecule has 2 aromatic carbocycles. The van der Waals surface area contributed by atoms with E-state index < -0.39 is 36.1 Å². The molecular weight excluding hydrogens is 356 g/mol. The van der Waals surface area contributed by atoms with Crippen LogP contribution in [0.5, 0.6) is 0 Å². The second kappa shape index (κ2) is 9.87. The molecule has 0 fully saturated rings. The molecule has 6 nitrogen and oxygen atoms in total. The van der Waals surface area contributed by atoms with E-state index in [4.69, 9.17) is 10.00 Å². The average Bonchev–Trinajstić information content (AvgIpc) is 2.67. The van der Waals surface area contributed by atoms with Gasteiger partial charge in [-0.2, -0.15) is 5.26 Å². The fourth-order valence-corrected chi connectivity index (χ4v) is 2.30. The lowest BCUT2D eigenvalue weighted by molar-refractivity contribution is -0.122. The molecule has 0 spiro atoms. The Balaban J connectivity index is 2.06. The van der Waals surface area contributed by atoms with Gasteiger partial charge in [0, 0.05) is 12.0 Å². The van der Waals surface area contributed by atoms with Crippen molar-refractivity contribution in [3.63, 3.8) is 0 Å². The number of nitriles is 1. The van der Waals surface area contributed by atoms with Crippen LogP contribution in [0.3, 0.4) is 0 Å². The summed E-state index contributed by atoms with van der Waals surface area (Å²) in [4.78, 5) is 24.2. The molecule has 1 atom stereocenters. The highest BCUT2D eigenvalue weighted by Crippen LogP contribution is 2.14. The predicted molar refractivity (Wildman–Crippen MR) is 92.2 cm³/mol. The number of carbonyl (C=O) groups excluding carboxylic acids is 2. The summed E-state index contributed by atoms with van der Waals surface area (Å²) < 4.78 is 32.8. The maximum atomic E-state index is 13.9. The number of amides is 2. The highest BCUT2D eigenvalue weighted by atomic mass is 19.1. The summed E-state index contributed by atoms with van der Waals surface area (Å²) in [5.74, 6) is -2.43. The molecule has 2 rings (SSSR count). The molecule has 0 aliphatic heterocycles. The number of nitrogens with zero attached hydrogens (tertiary/aromatic N) is 1. The maximum absolute atomic E-state index is 13.9. The van der Waals surface area contributed by atoms with Gasteiger partial charge >= 0.3 is 6.09 Å². The Hall–Kier alpha value is -3.47. The smallest absolute Gasteiger partial charge is 0.408 e. The molecule has 0 radical (unpaired) electrons. The van der Waals surface area contributed by atoms with E-state index in [1.54, 1.807) is 30.3 Å². The lowest BCUT2D eigenvalue weighted by Gasteiger charge is -2.18. The molecule has 0 aliphatic carbocycles. The molecule has 0 bridgehead atoms. The number of hydrogen-bond donors (Lipinski definition) is 2. The van der Waals surface area contributed by atoms with Crippen molar-refractivity contribution in [1.82, 2.24) is 10.6 Å². The summed E-state index contributed by atoms with van der Waals surface area (Å²) in [6, 6.07) is 12.6. The van der Waals surface area contributed by atoms with E-state index in [1.165, 1.54) is 6.07 Å². The molecule has 2 N–H and O–H groups in total. The van der Waals surface area contributed by atoms with Crippen LogP contribution in [0.25, 0.3) is 0 Å². The Morgan fingerprint density at radius 1 is 1.07 bits per heavy atom. The van der Waals surface area contributed by atoms with Gasteiger partial charge in [-0.1, -0.05) is 36.4 Å². The first kappa shape index (κ1) is 19.8. The summed E-state index contributed by atoms with van der Waals surface area (Å²) in [6.45, 7) is -0.344. The average molecular weight is 373 g/mol. The number of nitrogens with one attached hydrogen (secondary N) is 2. The summed E-state index contributed by atoms with van der Waals surface area (Å²) in [6.07, 6.45) is -1.36. The highest BCUT2D eigenvalue weighted by Gasteiger charge is 2.24. The normalized spacial score (nSPS) is 11.1. The fraction of sp³-hybridized carbons (Fsp3) is 0.211. The van der Waals surface area contributed by atoms with Crippen molar-refractivity contribution in [2.45, 2.75) is 19.1 Å². The Bertz CT molecular complexity index is 818. The van der Waals surface area contributed by atoms with Crippen LogP contribution in [0.4, 0.5) is 13.6 Å². The van der Waals surface area contributed by atoms with E-state index in [0.717, 1.165) is 17.7 Å². The molecule has 8 heteroatoms. The Morgan fingerprint density at radius 3 is 2.37 bits per heavy atom. The zero-order valence-electron chi connectivity index (χ0n) is 14.2. The third-order valence-electron chi connectivity index (χ3n) is 3.63. The third-order valence-corrected chi connectivity index (χ3v) is 3.63. The Morgan fingerprint density at radius 2 is 1.74 bits per heavy atom. The topological polar surface area (TPSA) is 91.2 Å². The largest absolute Gasteiger partial charge is 0.445 e. The minimum Gasteiger partial charge on any atom is -0.445 e. The summed E-state index contributed by atoms with van der Waals surface area (Å²) >= 11 is 0. The highest BCUT2D eigenvalue weighted by molar-refractivity contribution is 5.86. The van der Waals surface area contributed by atoms with Crippen molar-refractivity contribution in [3.8, 4) is 6.07 Å². The van der Waals surface area contributed by atoms with Gasteiger partial charge in [0.15, 0.2) is 0 Å². The molecule has 2 amide bonds. The summed E-state index contributed by atoms with van der Waals surface area (Å²) in [7, 11) is 0. The standard InChI is InChI=1S/C19H17F2N3O3/c20-15-7-4-8-16(21)14(15)11-17(18(25)23-10-9-22)24-19(26)27-12-13-5-2-1-3-6-13/h1-8,17H,10-12H2,(H,23,25)(H,24,26)/t17-/m1/s1. The Kier molecular flexibility index (Phi) is 7.26. The number of halogens is 2. The van der Waals surface area contributed by atoms with Gasteiger partial charge in [-0.15, -0.1) is 0 Å².